The van der Waals surface area contributed by atoms with Gasteiger partial charge in [-0.25, -0.2) is 9.18 Å². The van der Waals surface area contributed by atoms with E-state index in [2.05, 4.69) is 4.74 Å². The van der Waals surface area contributed by atoms with Gasteiger partial charge in [-0.3, -0.25) is 0 Å². The maximum absolute atomic E-state index is 11.6. The molecule has 0 saturated heterocycles. The third kappa shape index (κ3) is 4.72. The molecule has 0 bridgehead atoms. The normalized spacial score (nSPS) is 12.6. The molecule has 0 aromatic carbocycles. The number of halogens is 1. The van der Waals surface area contributed by atoms with Crippen molar-refractivity contribution in [3.05, 3.63) is 0 Å². The monoisotopic (exact) mass is 164 g/mol. The lowest BCUT2D eigenvalue weighted by atomic mass is 10.3. The van der Waals surface area contributed by atoms with E-state index < -0.39 is 18.7 Å². The first-order valence-corrected chi connectivity index (χ1v) is 3.63. The summed E-state index contributed by atoms with van der Waals surface area (Å²) in [5.74, 6) is -0.874. The van der Waals surface area contributed by atoms with Gasteiger partial charge in [0.1, 0.15) is 6.67 Å². The number of esters is 1. The molecular weight excluding hydrogens is 151 g/mol. The largest absolute Gasteiger partial charge is 0.464 e. The lowest BCUT2D eigenvalue weighted by molar-refractivity contribution is -0.154. The van der Waals surface area contributed by atoms with Crippen LogP contribution in [0.4, 0.5) is 4.39 Å². The number of hydrogen-bond donors (Lipinski definition) is 1. The summed E-state index contributed by atoms with van der Waals surface area (Å²) in [7, 11) is 0. The number of alkyl halides is 1. The number of aliphatic hydroxyl groups excluding tert-OH is 1. The Kier molecular flexibility index (Phi) is 5.74. The molecule has 0 fully saturated rings. The van der Waals surface area contributed by atoms with Crippen molar-refractivity contribution >= 4 is 5.97 Å². The fourth-order valence-corrected chi connectivity index (χ4v) is 0.476. The fourth-order valence-electron chi connectivity index (χ4n) is 0.476. The van der Waals surface area contributed by atoms with E-state index in [-0.39, 0.29) is 6.61 Å². The van der Waals surface area contributed by atoms with Crippen LogP contribution in [0.2, 0.25) is 0 Å². The number of hydrogen-bond acceptors (Lipinski definition) is 3. The van der Waals surface area contributed by atoms with E-state index in [0.717, 1.165) is 12.8 Å². The van der Waals surface area contributed by atoms with Crippen LogP contribution < -0.4 is 0 Å². The van der Waals surface area contributed by atoms with Gasteiger partial charge < -0.3 is 9.84 Å². The van der Waals surface area contributed by atoms with Gasteiger partial charge in [-0.1, -0.05) is 13.3 Å². The van der Waals surface area contributed by atoms with E-state index in [0.29, 0.717) is 0 Å². The maximum atomic E-state index is 11.6. The van der Waals surface area contributed by atoms with E-state index in [1.54, 1.807) is 0 Å². The van der Waals surface area contributed by atoms with Gasteiger partial charge in [-0.15, -0.1) is 0 Å². The molecule has 0 aliphatic carbocycles. The van der Waals surface area contributed by atoms with E-state index in [9.17, 15) is 9.18 Å². The van der Waals surface area contributed by atoms with Crippen molar-refractivity contribution in [3.8, 4) is 0 Å². The molecule has 4 heteroatoms. The summed E-state index contributed by atoms with van der Waals surface area (Å²) < 4.78 is 16.1. The zero-order valence-corrected chi connectivity index (χ0v) is 6.55. The maximum Gasteiger partial charge on any atom is 0.337 e. The molecule has 0 aromatic heterocycles. The van der Waals surface area contributed by atoms with Crippen LogP contribution in [-0.2, 0) is 9.53 Å². The smallest absolute Gasteiger partial charge is 0.337 e. The Bertz CT molecular complexity index is 116. The molecule has 0 aliphatic rings. The van der Waals surface area contributed by atoms with Gasteiger partial charge in [0, 0.05) is 0 Å². The average molecular weight is 164 g/mol. The second-order valence-corrected chi connectivity index (χ2v) is 2.19. The van der Waals surface area contributed by atoms with E-state index in [1.807, 2.05) is 6.92 Å². The van der Waals surface area contributed by atoms with Crippen molar-refractivity contribution in [2.24, 2.45) is 0 Å². The van der Waals surface area contributed by atoms with Crippen LogP contribution in [0.25, 0.3) is 0 Å². The number of carbonyl (C=O) groups excluding carboxylic acids is 1. The minimum absolute atomic E-state index is 0.256. The van der Waals surface area contributed by atoms with Crippen LogP contribution in [0.1, 0.15) is 19.8 Å². The van der Waals surface area contributed by atoms with Crippen molar-refractivity contribution in [1.29, 1.82) is 0 Å². The van der Waals surface area contributed by atoms with E-state index >= 15 is 0 Å². The first kappa shape index (κ1) is 10.4. The molecular formula is C7H13FO3. The minimum atomic E-state index is -1.60. The van der Waals surface area contributed by atoms with Crippen LogP contribution >= 0.6 is 0 Å². The Balaban J connectivity index is 3.36. The summed E-state index contributed by atoms with van der Waals surface area (Å²) in [5.41, 5.74) is 0. The Morgan fingerprint density at radius 3 is 2.82 bits per heavy atom. The number of carbonyl (C=O) groups is 1. The first-order chi connectivity index (χ1) is 5.22. The summed E-state index contributed by atoms with van der Waals surface area (Å²) in [6.45, 7) is 1.12. The zero-order valence-electron chi connectivity index (χ0n) is 6.55. The quantitative estimate of drug-likeness (QED) is 0.479. The number of aliphatic hydroxyl groups is 1. The molecule has 1 N–H and O–H groups in total. The molecule has 0 spiro atoms. The molecule has 0 aromatic rings. The van der Waals surface area contributed by atoms with Crippen LogP contribution in [-0.4, -0.2) is 30.5 Å². The molecule has 0 amide bonds. The predicted molar refractivity (Wildman–Crippen MR) is 37.8 cm³/mol. The molecule has 0 heterocycles. The predicted octanol–water partition coefficient (Wildman–Crippen LogP) is 0.660. The standard InChI is InChI=1S/C7H13FO3/c1-2-3-4-11-7(10)6(9)5-8/h6,9H,2-5H2,1H3. The highest BCUT2D eigenvalue weighted by Gasteiger charge is 2.14. The van der Waals surface area contributed by atoms with Crippen LogP contribution in [0.15, 0.2) is 0 Å². The molecule has 1 unspecified atom stereocenters. The Hall–Kier alpha value is -0.640. The lowest BCUT2D eigenvalue weighted by Gasteiger charge is -2.05. The van der Waals surface area contributed by atoms with Gasteiger partial charge in [-0.05, 0) is 6.42 Å². The number of rotatable bonds is 5. The first-order valence-electron chi connectivity index (χ1n) is 3.63. The van der Waals surface area contributed by atoms with Crippen LogP contribution in [0.3, 0.4) is 0 Å². The molecule has 0 rings (SSSR count). The number of ether oxygens (including phenoxy) is 1. The van der Waals surface area contributed by atoms with E-state index in [1.165, 1.54) is 0 Å². The highest BCUT2D eigenvalue weighted by Crippen LogP contribution is 1.93. The highest BCUT2D eigenvalue weighted by atomic mass is 19.1. The second kappa shape index (κ2) is 6.09. The van der Waals surface area contributed by atoms with Gasteiger partial charge in [0.25, 0.3) is 0 Å². The third-order valence-electron chi connectivity index (χ3n) is 1.16. The summed E-state index contributed by atoms with van der Waals surface area (Å²) in [6.07, 6.45) is 0.0378. The molecule has 3 nitrogen and oxygen atoms in total. The average Bonchev–Trinajstić information content (AvgIpc) is 2.03. The Morgan fingerprint density at radius 1 is 1.73 bits per heavy atom. The molecule has 66 valence electrons. The molecule has 1 atom stereocenters. The summed E-state index contributed by atoms with van der Waals surface area (Å²) in [6, 6.07) is 0. The second-order valence-electron chi connectivity index (χ2n) is 2.19. The zero-order chi connectivity index (χ0) is 8.69. The molecule has 0 radical (unpaired) electrons. The SMILES string of the molecule is CCCCOC(=O)C(O)CF. The molecule has 11 heavy (non-hydrogen) atoms. The summed E-state index contributed by atoms with van der Waals surface area (Å²) in [5, 5.41) is 8.58. The van der Waals surface area contributed by atoms with E-state index in [4.69, 9.17) is 5.11 Å². The lowest BCUT2D eigenvalue weighted by Crippen LogP contribution is -2.25. The van der Waals surface area contributed by atoms with Gasteiger partial charge in [0.05, 0.1) is 6.61 Å². The van der Waals surface area contributed by atoms with Crippen molar-refractivity contribution in [2.75, 3.05) is 13.3 Å². The minimum Gasteiger partial charge on any atom is -0.464 e. The summed E-state index contributed by atoms with van der Waals surface area (Å²) in [4.78, 5) is 10.5. The topological polar surface area (TPSA) is 46.5 Å². The Labute approximate surface area is 65.2 Å². The van der Waals surface area contributed by atoms with Crippen molar-refractivity contribution in [3.63, 3.8) is 0 Å². The van der Waals surface area contributed by atoms with Crippen LogP contribution in [0.5, 0.6) is 0 Å². The van der Waals surface area contributed by atoms with Crippen molar-refractivity contribution in [1.82, 2.24) is 0 Å². The Morgan fingerprint density at radius 2 is 2.36 bits per heavy atom. The van der Waals surface area contributed by atoms with Gasteiger partial charge in [0.2, 0.25) is 0 Å². The molecule has 0 aliphatic heterocycles. The van der Waals surface area contributed by atoms with Crippen molar-refractivity contribution < 1.29 is 19.0 Å². The van der Waals surface area contributed by atoms with Crippen LogP contribution in [0, 0.1) is 0 Å². The van der Waals surface area contributed by atoms with Crippen molar-refractivity contribution in [2.45, 2.75) is 25.9 Å². The van der Waals surface area contributed by atoms with Gasteiger partial charge >= 0.3 is 5.97 Å². The molecule has 0 saturated carbocycles. The fraction of sp³-hybridized carbons (Fsp3) is 0.857. The summed E-state index contributed by atoms with van der Waals surface area (Å²) >= 11 is 0. The number of unbranched alkanes of at least 4 members (excludes halogenated alkanes) is 1. The van der Waals surface area contributed by atoms with Gasteiger partial charge in [-0.2, -0.15) is 0 Å². The highest BCUT2D eigenvalue weighted by molar-refractivity contribution is 5.74. The van der Waals surface area contributed by atoms with Gasteiger partial charge in [0.15, 0.2) is 6.10 Å². The third-order valence-corrected chi connectivity index (χ3v) is 1.16.